The van der Waals surface area contributed by atoms with Gasteiger partial charge in [0, 0.05) is 26.9 Å². The Bertz CT molecular complexity index is 6550. The van der Waals surface area contributed by atoms with Crippen molar-refractivity contribution in [3.05, 3.63) is 328 Å². The number of hydrogen-bond acceptors (Lipinski definition) is 2. The third-order valence-electron chi connectivity index (χ3n) is 20.2. The highest BCUT2D eigenvalue weighted by Crippen LogP contribution is 2.50. The van der Waals surface area contributed by atoms with Gasteiger partial charge in [0.05, 0.1) is 0 Å². The van der Waals surface area contributed by atoms with E-state index in [9.17, 15) is 0 Å². The minimum atomic E-state index is 0.863. The second-order valence-electron chi connectivity index (χ2n) is 25.3. The SMILES string of the molecule is c1cc(-c2ccc3ccccc3c2)cc(-c2c3ccccc3c(-c3cccc(-c4ccc5oc6cc7c(-c8ccc9c(-c%10ccc%11oc%12c%13ccccc%13ccc%12c%11c%10)c%10ccccc%10c(-c%10cccc%11ccccc%10%11)c9c8)cccc7cc6c5c4)c3)c3ccccc23)c1. The Hall–Kier alpha value is -12.4. The number of hydrogen-bond donors (Lipinski definition) is 0. The van der Waals surface area contributed by atoms with Crippen LogP contribution < -0.4 is 0 Å². The molecule has 0 amide bonds. The summed E-state index contributed by atoms with van der Waals surface area (Å²) in [5.74, 6) is 0. The van der Waals surface area contributed by atoms with Crippen LogP contribution in [0.1, 0.15) is 0 Å². The summed E-state index contributed by atoms with van der Waals surface area (Å²) in [5.41, 5.74) is 20.2. The molecule has 0 aliphatic rings. The second-order valence-corrected chi connectivity index (χ2v) is 25.3. The molecule has 20 rings (SSSR count). The maximum Gasteiger partial charge on any atom is 0.143 e. The van der Waals surface area contributed by atoms with Gasteiger partial charge in [-0.2, -0.15) is 0 Å². The minimum Gasteiger partial charge on any atom is -0.456 e. The topological polar surface area (TPSA) is 26.3 Å². The first-order chi connectivity index (χ1) is 46.6. The van der Waals surface area contributed by atoms with Crippen LogP contribution in [0.2, 0.25) is 0 Å². The lowest BCUT2D eigenvalue weighted by atomic mass is 9.83. The smallest absolute Gasteiger partial charge is 0.143 e. The molecule has 94 heavy (non-hydrogen) atoms. The van der Waals surface area contributed by atoms with E-state index in [1.807, 2.05) is 0 Å². The lowest BCUT2D eigenvalue weighted by Gasteiger charge is -2.20. The molecule has 18 aromatic carbocycles. The molecular formula is C92H54O2. The molecule has 0 bridgehead atoms. The van der Waals surface area contributed by atoms with Gasteiger partial charge in [-0.1, -0.05) is 261 Å². The highest BCUT2D eigenvalue weighted by molar-refractivity contribution is 6.26. The molecule has 2 nitrogen and oxygen atoms in total. The Morgan fingerprint density at radius 1 is 0.149 bits per heavy atom. The number of benzene rings is 18. The lowest BCUT2D eigenvalue weighted by molar-refractivity contribution is 0.669. The Labute approximate surface area is 541 Å². The number of fused-ring (bicyclic) bond motifs is 15. The average Bonchev–Trinajstić information content (AvgIpc) is 0.827. The Morgan fingerprint density at radius 2 is 0.553 bits per heavy atom. The van der Waals surface area contributed by atoms with Crippen LogP contribution in [-0.2, 0) is 0 Å². The molecule has 0 aliphatic heterocycles. The zero-order valence-corrected chi connectivity index (χ0v) is 51.0. The molecule has 2 heterocycles. The van der Waals surface area contributed by atoms with E-state index in [4.69, 9.17) is 8.83 Å². The highest BCUT2D eigenvalue weighted by atomic mass is 16.3. The Balaban J connectivity index is 0.711. The van der Waals surface area contributed by atoms with Gasteiger partial charge in [0.15, 0.2) is 0 Å². The summed E-state index contributed by atoms with van der Waals surface area (Å²) in [6, 6.07) is 121. The van der Waals surface area contributed by atoms with E-state index >= 15 is 0 Å². The summed E-state index contributed by atoms with van der Waals surface area (Å²) in [6.45, 7) is 0. The third kappa shape index (κ3) is 8.10. The standard InChI is InChI=1S/C92H54O2/c1-2-20-58-47-61(38-37-55(58)17-1)59-22-13-25-65(48-59)88-72-29-7-9-31-74(72)89(75-32-10-8-30-73(75)88)66-26-14-23-60(49-66)62-41-45-85-82(50-62)83-51-63-24-16-35-69(80(63)54-87(83)93-85)64-40-43-78-84(52-64)91(71-36-15-21-56-18-3-5-27-68(56)71)77-34-12-11-33-76(77)90(78)67-42-46-86-81(53-67)79-44-39-57-19-4-6-28-70(57)92(79)94-86/h1-54H. The van der Waals surface area contributed by atoms with Crippen LogP contribution >= 0.6 is 0 Å². The van der Waals surface area contributed by atoms with Gasteiger partial charge in [-0.3, -0.25) is 0 Å². The molecule has 0 saturated carbocycles. The quantitative estimate of drug-likeness (QED) is 0.149. The van der Waals surface area contributed by atoms with Crippen molar-refractivity contribution in [2.75, 3.05) is 0 Å². The van der Waals surface area contributed by atoms with E-state index in [1.54, 1.807) is 0 Å². The van der Waals surface area contributed by atoms with Crippen LogP contribution in [0, 0.1) is 0 Å². The van der Waals surface area contributed by atoms with E-state index in [-0.39, 0.29) is 0 Å². The van der Waals surface area contributed by atoms with E-state index in [1.165, 1.54) is 120 Å². The molecule has 0 aliphatic carbocycles. The van der Waals surface area contributed by atoms with Crippen molar-refractivity contribution in [2.45, 2.75) is 0 Å². The van der Waals surface area contributed by atoms with Crippen molar-refractivity contribution in [1.29, 1.82) is 0 Å². The van der Waals surface area contributed by atoms with Gasteiger partial charge in [-0.05, 0) is 225 Å². The molecule has 434 valence electrons. The molecule has 0 unspecified atom stereocenters. The monoisotopic (exact) mass is 1190 g/mol. The van der Waals surface area contributed by atoms with Crippen LogP contribution in [0.25, 0.3) is 208 Å². The van der Waals surface area contributed by atoms with Crippen molar-refractivity contribution in [2.24, 2.45) is 0 Å². The first-order valence-corrected chi connectivity index (χ1v) is 32.4. The summed E-state index contributed by atoms with van der Waals surface area (Å²) in [7, 11) is 0. The predicted octanol–water partition coefficient (Wildman–Crippen LogP) is 26.4. The fourth-order valence-electron chi connectivity index (χ4n) is 15.9. The first-order valence-electron chi connectivity index (χ1n) is 32.4. The Morgan fingerprint density at radius 3 is 1.23 bits per heavy atom. The molecule has 2 aromatic heterocycles. The van der Waals surface area contributed by atoms with Crippen LogP contribution in [0.5, 0.6) is 0 Å². The van der Waals surface area contributed by atoms with Gasteiger partial charge in [-0.25, -0.2) is 0 Å². The molecular weight excluding hydrogens is 1140 g/mol. The van der Waals surface area contributed by atoms with Crippen LogP contribution in [0.15, 0.2) is 336 Å². The van der Waals surface area contributed by atoms with Crippen molar-refractivity contribution < 1.29 is 8.83 Å². The van der Waals surface area contributed by atoms with Gasteiger partial charge < -0.3 is 8.83 Å². The summed E-state index contributed by atoms with van der Waals surface area (Å²) >= 11 is 0. The fraction of sp³-hybridized carbons (Fsp3) is 0. The second kappa shape index (κ2) is 20.6. The zero-order chi connectivity index (χ0) is 61.5. The van der Waals surface area contributed by atoms with Gasteiger partial charge in [0.2, 0.25) is 0 Å². The summed E-state index contributed by atoms with van der Waals surface area (Å²) in [4.78, 5) is 0. The van der Waals surface area contributed by atoms with Crippen LogP contribution in [0.3, 0.4) is 0 Å². The van der Waals surface area contributed by atoms with Crippen LogP contribution in [0.4, 0.5) is 0 Å². The third-order valence-corrected chi connectivity index (χ3v) is 20.2. The molecule has 0 saturated heterocycles. The van der Waals surface area contributed by atoms with Gasteiger partial charge >= 0.3 is 0 Å². The zero-order valence-electron chi connectivity index (χ0n) is 51.0. The van der Waals surface area contributed by atoms with Crippen molar-refractivity contribution in [1.82, 2.24) is 0 Å². The largest absolute Gasteiger partial charge is 0.456 e. The summed E-state index contributed by atoms with van der Waals surface area (Å²) in [5, 5.41) is 23.7. The Kier molecular flexibility index (Phi) is 11.5. The van der Waals surface area contributed by atoms with Crippen LogP contribution in [-0.4, -0.2) is 0 Å². The van der Waals surface area contributed by atoms with E-state index in [0.29, 0.717) is 0 Å². The summed E-state index contributed by atoms with van der Waals surface area (Å²) in [6.07, 6.45) is 0. The molecule has 0 spiro atoms. The van der Waals surface area contributed by atoms with E-state index in [2.05, 4.69) is 328 Å². The fourth-order valence-corrected chi connectivity index (χ4v) is 15.9. The first kappa shape index (κ1) is 52.4. The van der Waals surface area contributed by atoms with E-state index < -0.39 is 0 Å². The molecule has 0 N–H and O–H groups in total. The average molecular weight is 1190 g/mol. The molecule has 0 atom stereocenters. The van der Waals surface area contributed by atoms with Gasteiger partial charge in [-0.15, -0.1) is 0 Å². The maximum atomic E-state index is 6.90. The lowest BCUT2D eigenvalue weighted by Crippen LogP contribution is -1.93. The number of furan rings is 2. The normalized spacial score (nSPS) is 12.0. The molecule has 0 fully saturated rings. The van der Waals surface area contributed by atoms with Gasteiger partial charge in [0.1, 0.15) is 22.3 Å². The summed E-state index contributed by atoms with van der Waals surface area (Å²) < 4.78 is 13.6. The number of rotatable bonds is 7. The predicted molar refractivity (Wildman–Crippen MR) is 399 cm³/mol. The molecule has 2 heteroatoms. The van der Waals surface area contributed by atoms with Crippen molar-refractivity contribution in [3.8, 4) is 77.9 Å². The molecule has 20 aromatic rings. The van der Waals surface area contributed by atoms with Crippen molar-refractivity contribution in [3.63, 3.8) is 0 Å². The maximum absolute atomic E-state index is 6.90. The highest BCUT2D eigenvalue weighted by Gasteiger charge is 2.23. The minimum absolute atomic E-state index is 0.863. The van der Waals surface area contributed by atoms with Crippen molar-refractivity contribution >= 4 is 130 Å². The van der Waals surface area contributed by atoms with Gasteiger partial charge in [0.25, 0.3) is 0 Å². The molecule has 0 radical (unpaired) electrons. The van der Waals surface area contributed by atoms with E-state index in [0.717, 1.165) is 87.9 Å².